The van der Waals surface area contributed by atoms with E-state index in [-0.39, 0.29) is 24.5 Å². The van der Waals surface area contributed by atoms with Crippen LogP contribution in [0, 0.1) is 0 Å². The van der Waals surface area contributed by atoms with E-state index in [9.17, 15) is 9.59 Å². The lowest BCUT2D eigenvalue weighted by molar-refractivity contribution is -0.142. The first-order valence-corrected chi connectivity index (χ1v) is 5.56. The lowest BCUT2D eigenvalue weighted by Gasteiger charge is -2.22. The van der Waals surface area contributed by atoms with Crippen molar-refractivity contribution in [1.29, 1.82) is 0 Å². The second kappa shape index (κ2) is 8.95. The van der Waals surface area contributed by atoms with Crippen molar-refractivity contribution in [3.05, 3.63) is 0 Å². The number of nitrogens with zero attached hydrogens (tertiary/aromatic N) is 1. The van der Waals surface area contributed by atoms with Gasteiger partial charge in [-0.15, -0.1) is 0 Å². The Hall–Kier alpha value is -1.14. The third kappa shape index (κ3) is 6.91. The lowest BCUT2D eigenvalue weighted by Crippen LogP contribution is -2.45. The molecule has 6 nitrogen and oxygen atoms in total. The minimum Gasteiger partial charge on any atom is -0.468 e. The Balaban J connectivity index is 3.90. The fourth-order valence-electron chi connectivity index (χ4n) is 1.18. The highest BCUT2D eigenvalue weighted by Gasteiger charge is 2.19. The Labute approximate surface area is 102 Å². The molecular formula is C11H22N2O4. The largest absolute Gasteiger partial charge is 0.468 e. The van der Waals surface area contributed by atoms with Crippen LogP contribution < -0.4 is 5.32 Å². The van der Waals surface area contributed by atoms with E-state index < -0.39 is 0 Å². The maximum atomic E-state index is 11.7. The van der Waals surface area contributed by atoms with Crippen LogP contribution >= 0.6 is 0 Å². The van der Waals surface area contributed by atoms with E-state index in [1.165, 1.54) is 7.11 Å². The first-order chi connectivity index (χ1) is 8.02. The summed E-state index contributed by atoms with van der Waals surface area (Å²) in [7, 11) is 4.65. The highest BCUT2D eigenvalue weighted by Crippen LogP contribution is 1.96. The van der Waals surface area contributed by atoms with E-state index in [0.717, 1.165) is 6.42 Å². The summed E-state index contributed by atoms with van der Waals surface area (Å²) in [5.41, 5.74) is 0. The highest BCUT2D eigenvalue weighted by molar-refractivity contribution is 5.82. The van der Waals surface area contributed by atoms with Crippen molar-refractivity contribution in [2.75, 3.05) is 41.0 Å². The molecule has 1 atom stereocenters. The van der Waals surface area contributed by atoms with Gasteiger partial charge in [0.15, 0.2) is 0 Å². The number of amides is 1. The van der Waals surface area contributed by atoms with Crippen molar-refractivity contribution in [1.82, 2.24) is 10.2 Å². The fraction of sp³-hybridized carbons (Fsp3) is 0.818. The number of esters is 1. The Morgan fingerprint density at radius 3 is 2.53 bits per heavy atom. The summed E-state index contributed by atoms with van der Waals surface area (Å²) in [6.07, 6.45) is 0.773. The van der Waals surface area contributed by atoms with E-state index in [1.807, 2.05) is 0 Å². The van der Waals surface area contributed by atoms with Crippen LogP contribution in [0.15, 0.2) is 0 Å². The highest BCUT2D eigenvalue weighted by atomic mass is 16.5. The molecule has 0 saturated carbocycles. The average Bonchev–Trinajstić information content (AvgIpc) is 2.33. The van der Waals surface area contributed by atoms with Crippen LogP contribution in [0.4, 0.5) is 0 Å². The summed E-state index contributed by atoms with van der Waals surface area (Å²) in [6.45, 7) is 3.04. The summed E-state index contributed by atoms with van der Waals surface area (Å²) in [4.78, 5) is 24.3. The molecule has 0 bridgehead atoms. The molecule has 0 aliphatic carbocycles. The summed E-state index contributed by atoms with van der Waals surface area (Å²) in [5.74, 6) is -0.459. The predicted molar refractivity (Wildman–Crippen MR) is 63.6 cm³/mol. The maximum absolute atomic E-state index is 11.7. The van der Waals surface area contributed by atoms with Crippen LogP contribution in [0.25, 0.3) is 0 Å². The number of nitrogens with one attached hydrogen (secondary N) is 1. The molecule has 0 aromatic carbocycles. The molecule has 0 saturated heterocycles. The number of rotatable bonds is 8. The molecule has 0 spiro atoms. The number of likely N-dealkylation sites (N-methyl/N-ethyl adjacent to an activating group) is 1. The Kier molecular flexibility index (Phi) is 8.35. The smallest absolute Gasteiger partial charge is 0.319 e. The van der Waals surface area contributed by atoms with Gasteiger partial charge in [0.05, 0.1) is 19.7 Å². The van der Waals surface area contributed by atoms with Crippen LogP contribution in [0.1, 0.15) is 13.3 Å². The standard InChI is InChI=1S/C11H22N2O4/c1-9(13(2)8-10(14)17-4)11(15)12-6-5-7-16-3/h9H,5-8H2,1-4H3,(H,12,15). The number of hydrogen-bond donors (Lipinski definition) is 1. The molecule has 0 aliphatic heterocycles. The summed E-state index contributed by atoms with van der Waals surface area (Å²) < 4.78 is 9.41. The van der Waals surface area contributed by atoms with Gasteiger partial charge in [-0.1, -0.05) is 0 Å². The average molecular weight is 246 g/mol. The molecule has 1 amide bonds. The molecule has 0 fully saturated rings. The summed E-state index contributed by atoms with van der Waals surface area (Å²) in [5, 5.41) is 2.78. The van der Waals surface area contributed by atoms with E-state index >= 15 is 0 Å². The summed E-state index contributed by atoms with van der Waals surface area (Å²) >= 11 is 0. The van der Waals surface area contributed by atoms with Crippen LogP contribution in [0.5, 0.6) is 0 Å². The number of hydrogen-bond acceptors (Lipinski definition) is 5. The molecular weight excluding hydrogens is 224 g/mol. The van der Waals surface area contributed by atoms with Crippen LogP contribution in [-0.2, 0) is 19.1 Å². The third-order valence-electron chi connectivity index (χ3n) is 2.47. The Bertz CT molecular complexity index is 246. The fourth-order valence-corrected chi connectivity index (χ4v) is 1.18. The number of ether oxygens (including phenoxy) is 2. The van der Waals surface area contributed by atoms with Gasteiger partial charge in [-0.3, -0.25) is 14.5 Å². The predicted octanol–water partition coefficient (Wildman–Crippen LogP) is -0.368. The van der Waals surface area contributed by atoms with Gasteiger partial charge in [0.2, 0.25) is 5.91 Å². The molecule has 0 aliphatic rings. The molecule has 0 heterocycles. The first kappa shape index (κ1) is 15.9. The first-order valence-electron chi connectivity index (χ1n) is 5.56. The van der Waals surface area contributed by atoms with Crippen molar-refractivity contribution in [3.63, 3.8) is 0 Å². The number of methoxy groups -OCH3 is 2. The van der Waals surface area contributed by atoms with Crippen LogP contribution in [0.3, 0.4) is 0 Å². The maximum Gasteiger partial charge on any atom is 0.319 e. The Morgan fingerprint density at radius 1 is 1.35 bits per heavy atom. The molecule has 0 aromatic heterocycles. The topological polar surface area (TPSA) is 67.9 Å². The molecule has 1 unspecified atom stereocenters. The van der Waals surface area contributed by atoms with Gasteiger partial charge < -0.3 is 14.8 Å². The molecule has 0 aromatic rings. The van der Waals surface area contributed by atoms with Gasteiger partial charge in [0, 0.05) is 20.3 Å². The van der Waals surface area contributed by atoms with Gasteiger partial charge >= 0.3 is 5.97 Å². The van der Waals surface area contributed by atoms with Crippen molar-refractivity contribution in [3.8, 4) is 0 Å². The van der Waals surface area contributed by atoms with Crippen molar-refractivity contribution < 1.29 is 19.1 Å². The van der Waals surface area contributed by atoms with Crippen LogP contribution in [0.2, 0.25) is 0 Å². The van der Waals surface area contributed by atoms with Gasteiger partial charge in [0.1, 0.15) is 0 Å². The van der Waals surface area contributed by atoms with E-state index in [2.05, 4.69) is 10.1 Å². The molecule has 100 valence electrons. The summed E-state index contributed by atoms with van der Waals surface area (Å²) in [6, 6.07) is -0.364. The van der Waals surface area contributed by atoms with Crippen molar-refractivity contribution in [2.45, 2.75) is 19.4 Å². The van der Waals surface area contributed by atoms with Crippen molar-refractivity contribution in [2.24, 2.45) is 0 Å². The van der Waals surface area contributed by atoms with E-state index in [1.54, 1.807) is 26.0 Å². The zero-order chi connectivity index (χ0) is 13.3. The monoisotopic (exact) mass is 246 g/mol. The van der Waals surface area contributed by atoms with Crippen molar-refractivity contribution >= 4 is 11.9 Å². The lowest BCUT2D eigenvalue weighted by atomic mass is 10.2. The molecule has 6 heteroatoms. The second-order valence-electron chi connectivity index (χ2n) is 3.80. The Morgan fingerprint density at radius 2 is 2.00 bits per heavy atom. The van der Waals surface area contributed by atoms with E-state index in [0.29, 0.717) is 13.2 Å². The molecule has 0 radical (unpaired) electrons. The quantitative estimate of drug-likeness (QED) is 0.467. The molecule has 17 heavy (non-hydrogen) atoms. The van der Waals surface area contributed by atoms with Gasteiger partial charge in [-0.05, 0) is 20.4 Å². The van der Waals surface area contributed by atoms with E-state index in [4.69, 9.17) is 4.74 Å². The zero-order valence-corrected chi connectivity index (χ0v) is 11.0. The van der Waals surface area contributed by atoms with Crippen LogP contribution in [-0.4, -0.2) is 63.8 Å². The minimum atomic E-state index is -0.364. The van der Waals surface area contributed by atoms with Gasteiger partial charge in [-0.2, -0.15) is 0 Å². The minimum absolute atomic E-state index is 0.100. The number of carbonyl (C=O) groups excluding carboxylic acids is 2. The molecule has 1 N–H and O–H groups in total. The second-order valence-corrected chi connectivity index (χ2v) is 3.80. The number of carbonyl (C=O) groups is 2. The van der Waals surface area contributed by atoms with Gasteiger partial charge in [-0.25, -0.2) is 0 Å². The van der Waals surface area contributed by atoms with Gasteiger partial charge in [0.25, 0.3) is 0 Å². The molecule has 0 rings (SSSR count). The third-order valence-corrected chi connectivity index (χ3v) is 2.47. The zero-order valence-electron chi connectivity index (χ0n) is 11.0. The SMILES string of the molecule is COCCCNC(=O)C(C)N(C)CC(=O)OC. The normalized spacial score (nSPS) is 12.3.